The summed E-state index contributed by atoms with van der Waals surface area (Å²) in [5.41, 5.74) is 0. The van der Waals surface area contributed by atoms with Crippen molar-refractivity contribution in [2.75, 3.05) is 33.3 Å². The van der Waals surface area contributed by atoms with Crippen molar-refractivity contribution in [3.05, 3.63) is 12.2 Å². The molecule has 0 atom stereocenters. The molecule has 0 spiro atoms. The van der Waals surface area contributed by atoms with Crippen molar-refractivity contribution in [3.8, 4) is 0 Å². The van der Waals surface area contributed by atoms with Gasteiger partial charge in [-0.15, -0.1) is 10.2 Å². The largest absolute Gasteiger partial charge is 0.469 e. The van der Waals surface area contributed by atoms with Crippen molar-refractivity contribution in [2.45, 2.75) is 46.1 Å². The van der Waals surface area contributed by atoms with Gasteiger partial charge in [-0.05, 0) is 19.3 Å². The van der Waals surface area contributed by atoms with Crippen LogP contribution in [-0.4, -0.2) is 64.9 Å². The fourth-order valence-corrected chi connectivity index (χ4v) is 3.01. The minimum absolute atomic E-state index is 0.0119. The standard InChI is InChI=1S/C17H30N6O2/c1-4-8-18-17(19-9-12-23-13-20-21-15(23)5-2)22-10-6-14(7-11-22)16(24)25-3/h13-14H,4-12H2,1-3H3,(H,18,19). The summed E-state index contributed by atoms with van der Waals surface area (Å²) in [5, 5.41) is 11.5. The average molecular weight is 350 g/mol. The van der Waals surface area contributed by atoms with Gasteiger partial charge in [0.25, 0.3) is 0 Å². The number of aliphatic imine (C=N–C) groups is 1. The minimum atomic E-state index is -0.0978. The Morgan fingerprint density at radius 2 is 2.16 bits per heavy atom. The highest BCUT2D eigenvalue weighted by molar-refractivity contribution is 5.80. The summed E-state index contributed by atoms with van der Waals surface area (Å²) < 4.78 is 6.92. The summed E-state index contributed by atoms with van der Waals surface area (Å²) in [4.78, 5) is 18.6. The number of carbonyl (C=O) groups excluding carboxylic acids is 1. The Labute approximate surface area is 149 Å². The normalized spacial score (nSPS) is 16.1. The molecule has 0 radical (unpaired) electrons. The van der Waals surface area contributed by atoms with Crippen molar-refractivity contribution in [2.24, 2.45) is 10.9 Å². The molecule has 2 rings (SSSR count). The molecule has 25 heavy (non-hydrogen) atoms. The minimum Gasteiger partial charge on any atom is -0.469 e. The van der Waals surface area contributed by atoms with Crippen molar-refractivity contribution in [1.82, 2.24) is 25.0 Å². The molecule has 1 saturated heterocycles. The van der Waals surface area contributed by atoms with E-state index in [1.54, 1.807) is 6.33 Å². The number of aromatic nitrogens is 3. The molecule has 2 heterocycles. The molecule has 1 aliphatic rings. The molecule has 1 fully saturated rings. The van der Waals surface area contributed by atoms with Crippen LogP contribution in [0, 0.1) is 5.92 Å². The van der Waals surface area contributed by atoms with Gasteiger partial charge in [0.1, 0.15) is 12.2 Å². The van der Waals surface area contributed by atoms with E-state index in [1.165, 1.54) is 7.11 Å². The second kappa shape index (κ2) is 10.0. The number of rotatable bonds is 7. The molecule has 1 aromatic heterocycles. The molecular weight excluding hydrogens is 320 g/mol. The monoisotopic (exact) mass is 350 g/mol. The number of aryl methyl sites for hydroxylation is 1. The van der Waals surface area contributed by atoms with E-state index in [0.29, 0.717) is 0 Å². The maximum Gasteiger partial charge on any atom is 0.308 e. The van der Waals surface area contributed by atoms with E-state index >= 15 is 0 Å². The van der Waals surface area contributed by atoms with E-state index in [0.717, 1.165) is 70.2 Å². The Kier molecular flexibility index (Phi) is 7.69. The summed E-state index contributed by atoms with van der Waals surface area (Å²) in [5.74, 6) is 1.83. The predicted octanol–water partition coefficient (Wildman–Crippen LogP) is 1.08. The molecule has 140 valence electrons. The maximum atomic E-state index is 11.7. The Morgan fingerprint density at radius 3 is 2.80 bits per heavy atom. The first-order chi connectivity index (χ1) is 12.2. The first kappa shape index (κ1) is 19.2. The topological polar surface area (TPSA) is 84.6 Å². The number of hydrogen-bond acceptors (Lipinski definition) is 5. The maximum absolute atomic E-state index is 11.7. The summed E-state index contributed by atoms with van der Waals surface area (Å²) >= 11 is 0. The number of hydrogen-bond donors (Lipinski definition) is 1. The SMILES string of the molecule is CCCN=C(NCCn1cnnc1CC)N1CCC(C(=O)OC)CC1. The molecule has 0 saturated carbocycles. The highest BCUT2D eigenvalue weighted by Gasteiger charge is 2.27. The van der Waals surface area contributed by atoms with E-state index in [-0.39, 0.29) is 11.9 Å². The van der Waals surface area contributed by atoms with Crippen LogP contribution in [0.4, 0.5) is 0 Å². The average Bonchev–Trinajstić information content (AvgIpc) is 3.11. The van der Waals surface area contributed by atoms with Gasteiger partial charge >= 0.3 is 5.97 Å². The van der Waals surface area contributed by atoms with Crippen LogP contribution < -0.4 is 5.32 Å². The first-order valence-corrected chi connectivity index (χ1v) is 9.17. The predicted molar refractivity (Wildman–Crippen MR) is 96.3 cm³/mol. The van der Waals surface area contributed by atoms with Gasteiger partial charge in [0, 0.05) is 39.1 Å². The third-order valence-corrected chi connectivity index (χ3v) is 4.46. The zero-order valence-corrected chi connectivity index (χ0v) is 15.6. The molecule has 1 aromatic rings. The lowest BCUT2D eigenvalue weighted by Gasteiger charge is -2.33. The summed E-state index contributed by atoms with van der Waals surface area (Å²) in [6.07, 6.45) is 5.27. The lowest BCUT2D eigenvalue weighted by molar-refractivity contribution is -0.146. The zero-order chi connectivity index (χ0) is 18.1. The summed E-state index contributed by atoms with van der Waals surface area (Å²) in [6.45, 7) is 8.21. The van der Waals surface area contributed by atoms with E-state index in [1.807, 2.05) is 0 Å². The quantitative estimate of drug-likeness (QED) is 0.450. The van der Waals surface area contributed by atoms with Gasteiger partial charge in [-0.1, -0.05) is 13.8 Å². The van der Waals surface area contributed by atoms with Crippen molar-refractivity contribution < 1.29 is 9.53 Å². The van der Waals surface area contributed by atoms with Gasteiger partial charge < -0.3 is 19.5 Å². The number of guanidine groups is 1. The van der Waals surface area contributed by atoms with Gasteiger partial charge in [0.2, 0.25) is 0 Å². The molecule has 1 N–H and O–H groups in total. The Balaban J connectivity index is 1.88. The number of carbonyl (C=O) groups is 1. The second-order valence-corrected chi connectivity index (χ2v) is 6.21. The van der Waals surface area contributed by atoms with Crippen LogP contribution in [0.2, 0.25) is 0 Å². The molecule has 8 heteroatoms. The Bertz CT molecular complexity index is 563. The Hall–Kier alpha value is -2.12. The van der Waals surface area contributed by atoms with Gasteiger partial charge in [-0.2, -0.15) is 0 Å². The first-order valence-electron chi connectivity index (χ1n) is 9.17. The van der Waals surface area contributed by atoms with Gasteiger partial charge in [-0.25, -0.2) is 0 Å². The van der Waals surface area contributed by atoms with Gasteiger partial charge in [0.15, 0.2) is 5.96 Å². The van der Waals surface area contributed by atoms with E-state index < -0.39 is 0 Å². The van der Waals surface area contributed by atoms with Crippen LogP contribution in [-0.2, 0) is 22.5 Å². The number of esters is 1. The lowest BCUT2D eigenvalue weighted by Crippen LogP contribution is -2.47. The molecule has 8 nitrogen and oxygen atoms in total. The van der Waals surface area contributed by atoms with Crippen LogP contribution in [0.3, 0.4) is 0 Å². The van der Waals surface area contributed by atoms with Crippen LogP contribution in [0.5, 0.6) is 0 Å². The van der Waals surface area contributed by atoms with Crippen molar-refractivity contribution >= 4 is 11.9 Å². The third kappa shape index (κ3) is 5.44. The summed E-state index contributed by atoms with van der Waals surface area (Å²) in [7, 11) is 1.46. The lowest BCUT2D eigenvalue weighted by atomic mass is 9.97. The number of piperidine rings is 1. The van der Waals surface area contributed by atoms with Gasteiger partial charge in [-0.3, -0.25) is 9.79 Å². The molecule has 0 aliphatic carbocycles. The number of nitrogens with one attached hydrogen (secondary N) is 1. The number of ether oxygens (including phenoxy) is 1. The fraction of sp³-hybridized carbons (Fsp3) is 0.765. The van der Waals surface area contributed by atoms with E-state index in [4.69, 9.17) is 9.73 Å². The zero-order valence-electron chi connectivity index (χ0n) is 15.6. The second-order valence-electron chi connectivity index (χ2n) is 6.21. The molecular formula is C17H30N6O2. The fourth-order valence-electron chi connectivity index (χ4n) is 3.01. The van der Waals surface area contributed by atoms with Gasteiger partial charge in [0.05, 0.1) is 13.0 Å². The van der Waals surface area contributed by atoms with Crippen LogP contribution >= 0.6 is 0 Å². The summed E-state index contributed by atoms with van der Waals surface area (Å²) in [6, 6.07) is 0. The van der Waals surface area contributed by atoms with Crippen molar-refractivity contribution in [1.29, 1.82) is 0 Å². The van der Waals surface area contributed by atoms with Crippen molar-refractivity contribution in [3.63, 3.8) is 0 Å². The molecule has 0 aromatic carbocycles. The third-order valence-electron chi connectivity index (χ3n) is 4.46. The van der Waals surface area contributed by atoms with E-state index in [2.05, 4.69) is 38.8 Å². The highest BCUT2D eigenvalue weighted by atomic mass is 16.5. The smallest absolute Gasteiger partial charge is 0.308 e. The van der Waals surface area contributed by atoms with E-state index in [9.17, 15) is 4.79 Å². The van der Waals surface area contributed by atoms with Crippen LogP contribution in [0.25, 0.3) is 0 Å². The molecule has 0 unspecified atom stereocenters. The number of likely N-dealkylation sites (tertiary alicyclic amines) is 1. The number of nitrogens with zero attached hydrogens (tertiary/aromatic N) is 5. The van der Waals surface area contributed by atoms with Crippen LogP contribution in [0.15, 0.2) is 11.3 Å². The molecule has 0 bridgehead atoms. The Morgan fingerprint density at radius 1 is 1.40 bits per heavy atom. The highest BCUT2D eigenvalue weighted by Crippen LogP contribution is 2.18. The number of methoxy groups -OCH3 is 1. The molecule has 0 amide bonds. The molecule has 1 aliphatic heterocycles. The van der Waals surface area contributed by atoms with Crippen LogP contribution in [0.1, 0.15) is 38.9 Å².